The average Bonchev–Trinajstić information content (AvgIpc) is 3.33. The summed E-state index contributed by atoms with van der Waals surface area (Å²) in [5, 5.41) is 3.68. The maximum Gasteiger partial charge on any atom is 0.416 e. The van der Waals surface area contributed by atoms with Crippen molar-refractivity contribution < 1.29 is 27.2 Å². The predicted molar refractivity (Wildman–Crippen MR) is 118 cm³/mol. The Morgan fingerprint density at radius 3 is 2.64 bits per heavy atom. The molecule has 1 atom stereocenters. The zero-order chi connectivity index (χ0) is 23.8. The lowest BCUT2D eigenvalue weighted by Crippen LogP contribution is -2.39. The van der Waals surface area contributed by atoms with Crippen molar-refractivity contribution in [2.45, 2.75) is 45.3 Å². The van der Waals surface area contributed by atoms with Gasteiger partial charge in [0, 0.05) is 30.5 Å². The number of aryl methyl sites for hydroxylation is 2. The molecule has 8 heteroatoms. The van der Waals surface area contributed by atoms with Crippen LogP contribution in [0.5, 0.6) is 0 Å². The van der Waals surface area contributed by atoms with Gasteiger partial charge in [-0.3, -0.25) is 9.59 Å². The van der Waals surface area contributed by atoms with Crippen molar-refractivity contribution in [2.75, 3.05) is 13.1 Å². The van der Waals surface area contributed by atoms with E-state index < -0.39 is 17.8 Å². The Morgan fingerprint density at radius 1 is 1.18 bits per heavy atom. The number of nitrogens with zero attached hydrogens (tertiary/aromatic N) is 1. The maximum atomic E-state index is 13.3. The Hall–Kier alpha value is -3.29. The van der Waals surface area contributed by atoms with E-state index in [1.807, 2.05) is 26.0 Å². The number of hydrogen-bond donors (Lipinski definition) is 1. The normalized spacial score (nSPS) is 15.3. The highest BCUT2D eigenvalue weighted by atomic mass is 19.4. The van der Waals surface area contributed by atoms with Gasteiger partial charge in [-0.05, 0) is 61.2 Å². The molecule has 2 heterocycles. The Bertz CT molecular complexity index is 1200. The number of likely N-dealkylation sites (tertiary alicyclic amines) is 1. The first-order valence-electron chi connectivity index (χ1n) is 10.8. The minimum Gasteiger partial charge on any atom is -0.464 e. The number of hydrogen-bond acceptors (Lipinski definition) is 3. The average molecular weight is 458 g/mol. The highest BCUT2D eigenvalue weighted by molar-refractivity contribution is 5.88. The Labute approximate surface area is 189 Å². The van der Waals surface area contributed by atoms with E-state index in [2.05, 4.69) is 5.32 Å². The van der Waals surface area contributed by atoms with Crippen LogP contribution in [-0.2, 0) is 22.2 Å². The number of benzene rings is 2. The fourth-order valence-electron chi connectivity index (χ4n) is 4.18. The lowest BCUT2D eigenvalue weighted by molar-refractivity contribution is -0.137. The van der Waals surface area contributed by atoms with Gasteiger partial charge in [0.25, 0.3) is 0 Å². The molecule has 1 N–H and O–H groups in total. The summed E-state index contributed by atoms with van der Waals surface area (Å²) in [5.74, 6) is -0.419. The number of amides is 2. The van der Waals surface area contributed by atoms with Crippen LogP contribution >= 0.6 is 0 Å². The van der Waals surface area contributed by atoms with Gasteiger partial charge >= 0.3 is 6.18 Å². The second kappa shape index (κ2) is 8.92. The van der Waals surface area contributed by atoms with E-state index in [0.717, 1.165) is 28.6 Å². The van der Waals surface area contributed by atoms with Crippen LogP contribution in [-0.4, -0.2) is 29.8 Å². The number of carbonyl (C=O) groups excluding carboxylic acids is 2. The molecular formula is C25H25F3N2O3. The van der Waals surface area contributed by atoms with Crippen LogP contribution < -0.4 is 5.32 Å². The first-order valence-corrected chi connectivity index (χ1v) is 10.8. The molecule has 1 aliphatic rings. The van der Waals surface area contributed by atoms with Crippen LogP contribution in [0.1, 0.15) is 46.7 Å². The molecule has 1 aromatic heterocycles. The predicted octanol–water partition coefficient (Wildman–Crippen LogP) is 5.09. The lowest BCUT2D eigenvalue weighted by atomic mass is 10.0. The van der Waals surface area contributed by atoms with Gasteiger partial charge in [-0.1, -0.05) is 12.1 Å². The third-order valence-electron chi connectivity index (χ3n) is 6.15. The molecule has 0 bridgehead atoms. The van der Waals surface area contributed by atoms with Gasteiger partial charge < -0.3 is 14.6 Å². The van der Waals surface area contributed by atoms with Crippen molar-refractivity contribution in [1.82, 2.24) is 10.2 Å². The quantitative estimate of drug-likeness (QED) is 0.560. The molecule has 174 valence electrons. The van der Waals surface area contributed by atoms with Crippen LogP contribution in [0.15, 0.2) is 47.1 Å². The Balaban J connectivity index is 1.58. The molecule has 5 nitrogen and oxygen atoms in total. The molecule has 1 saturated heterocycles. The number of rotatable bonds is 6. The van der Waals surface area contributed by atoms with Crippen molar-refractivity contribution >= 4 is 22.8 Å². The third kappa shape index (κ3) is 5.05. The summed E-state index contributed by atoms with van der Waals surface area (Å²) < 4.78 is 45.4. The molecule has 0 radical (unpaired) electrons. The molecule has 1 aliphatic heterocycles. The van der Waals surface area contributed by atoms with Gasteiger partial charge in [0.15, 0.2) is 0 Å². The van der Waals surface area contributed by atoms with Gasteiger partial charge in [0.05, 0.1) is 24.3 Å². The third-order valence-corrected chi connectivity index (χ3v) is 6.15. The van der Waals surface area contributed by atoms with E-state index in [1.54, 1.807) is 11.0 Å². The number of halogens is 3. The zero-order valence-corrected chi connectivity index (χ0v) is 18.5. The summed E-state index contributed by atoms with van der Waals surface area (Å²) in [7, 11) is 0. The summed E-state index contributed by atoms with van der Waals surface area (Å²) in [6, 6.07) is 8.00. The van der Waals surface area contributed by atoms with E-state index in [0.29, 0.717) is 36.1 Å². The smallest absolute Gasteiger partial charge is 0.416 e. The van der Waals surface area contributed by atoms with Crippen LogP contribution in [0.3, 0.4) is 0 Å². The second-order valence-corrected chi connectivity index (χ2v) is 8.56. The molecule has 0 spiro atoms. The fourth-order valence-corrected chi connectivity index (χ4v) is 4.18. The van der Waals surface area contributed by atoms with E-state index >= 15 is 0 Å². The van der Waals surface area contributed by atoms with E-state index in [1.165, 1.54) is 12.3 Å². The Kier molecular flexibility index (Phi) is 6.19. The number of alkyl halides is 3. The molecule has 1 fully saturated rings. The van der Waals surface area contributed by atoms with Crippen molar-refractivity contribution in [1.29, 1.82) is 0 Å². The molecule has 33 heavy (non-hydrogen) atoms. The van der Waals surface area contributed by atoms with Crippen molar-refractivity contribution in [3.05, 3.63) is 70.5 Å². The van der Waals surface area contributed by atoms with Crippen molar-refractivity contribution in [2.24, 2.45) is 0 Å². The number of fused-ring (bicyclic) bond motifs is 1. The van der Waals surface area contributed by atoms with Gasteiger partial charge in [-0.15, -0.1) is 0 Å². The minimum atomic E-state index is -4.50. The summed E-state index contributed by atoms with van der Waals surface area (Å²) in [4.78, 5) is 26.7. The van der Waals surface area contributed by atoms with E-state index in [4.69, 9.17) is 4.42 Å². The number of furan rings is 1. The highest BCUT2D eigenvalue weighted by Gasteiger charge is 2.32. The number of nitrogens with one attached hydrogen (secondary N) is 1. The van der Waals surface area contributed by atoms with Gasteiger partial charge in [-0.2, -0.15) is 13.2 Å². The maximum absolute atomic E-state index is 13.3. The van der Waals surface area contributed by atoms with Crippen LogP contribution in [0.2, 0.25) is 0 Å². The van der Waals surface area contributed by atoms with Crippen molar-refractivity contribution in [3.63, 3.8) is 0 Å². The SMILES string of the molecule is Cc1cc2occ(CC(=O)NC(CN3CCCC3=O)c3cccc(C(F)(F)F)c3)c2cc1C. The highest BCUT2D eigenvalue weighted by Crippen LogP contribution is 2.31. The monoisotopic (exact) mass is 458 g/mol. The molecular weight excluding hydrogens is 433 g/mol. The summed E-state index contributed by atoms with van der Waals surface area (Å²) in [6.07, 6.45) is -1.85. The van der Waals surface area contributed by atoms with E-state index in [9.17, 15) is 22.8 Å². The topological polar surface area (TPSA) is 62.6 Å². The fraction of sp³-hybridized carbons (Fsp3) is 0.360. The molecule has 0 aliphatic carbocycles. The number of carbonyl (C=O) groups is 2. The van der Waals surface area contributed by atoms with Gasteiger partial charge in [-0.25, -0.2) is 0 Å². The largest absolute Gasteiger partial charge is 0.464 e. The summed E-state index contributed by atoms with van der Waals surface area (Å²) in [6.45, 7) is 4.59. The zero-order valence-electron chi connectivity index (χ0n) is 18.5. The molecule has 2 amide bonds. The van der Waals surface area contributed by atoms with Gasteiger partial charge in [0.1, 0.15) is 5.58 Å². The first kappa shape index (κ1) is 22.9. The lowest BCUT2D eigenvalue weighted by Gasteiger charge is -2.26. The van der Waals surface area contributed by atoms with E-state index in [-0.39, 0.29) is 24.8 Å². The summed E-state index contributed by atoms with van der Waals surface area (Å²) >= 11 is 0. The molecule has 4 rings (SSSR count). The second-order valence-electron chi connectivity index (χ2n) is 8.56. The Morgan fingerprint density at radius 2 is 1.94 bits per heavy atom. The molecule has 3 aromatic rings. The molecule has 0 saturated carbocycles. The van der Waals surface area contributed by atoms with Crippen LogP contribution in [0.4, 0.5) is 13.2 Å². The standard InChI is InChI=1S/C25H25F3N2O3/c1-15-9-20-18(14-33-22(20)10-16(15)2)12-23(31)29-21(13-30-8-4-7-24(30)32)17-5-3-6-19(11-17)25(26,27)28/h3,5-6,9-11,14,21H,4,7-8,12-13H2,1-2H3,(H,29,31). The van der Waals surface area contributed by atoms with Gasteiger partial charge in [0.2, 0.25) is 11.8 Å². The summed E-state index contributed by atoms with van der Waals surface area (Å²) in [5.41, 5.74) is 3.04. The van der Waals surface area contributed by atoms with Crippen LogP contribution in [0.25, 0.3) is 11.0 Å². The molecule has 2 aromatic carbocycles. The minimum absolute atomic E-state index is 0.0128. The molecule has 1 unspecified atom stereocenters. The van der Waals surface area contributed by atoms with Crippen LogP contribution in [0, 0.1) is 13.8 Å². The first-order chi connectivity index (χ1) is 15.6. The van der Waals surface area contributed by atoms with Crippen molar-refractivity contribution in [3.8, 4) is 0 Å².